The summed E-state index contributed by atoms with van der Waals surface area (Å²) in [5.74, 6) is 1.60. The van der Waals surface area contributed by atoms with Crippen LogP contribution >= 0.6 is 0 Å². The van der Waals surface area contributed by atoms with Gasteiger partial charge in [0, 0.05) is 12.6 Å². The number of ether oxygens (including phenoxy) is 2. The second-order valence-electron chi connectivity index (χ2n) is 5.72. The van der Waals surface area contributed by atoms with Crippen molar-refractivity contribution in [3.63, 3.8) is 0 Å². The number of methoxy groups -OCH3 is 1. The maximum Gasteiger partial charge on any atom is 0.161 e. The van der Waals surface area contributed by atoms with Gasteiger partial charge in [0.05, 0.1) is 13.7 Å². The topological polar surface area (TPSA) is 30.5 Å². The van der Waals surface area contributed by atoms with Gasteiger partial charge in [0.2, 0.25) is 0 Å². The average Bonchev–Trinajstić information content (AvgIpc) is 2.60. The second kappa shape index (κ2) is 9.21. The number of aryl methyl sites for hydroxylation is 1. The minimum Gasteiger partial charge on any atom is -0.493 e. The first-order chi connectivity index (χ1) is 11.2. The van der Waals surface area contributed by atoms with Gasteiger partial charge in [0.15, 0.2) is 11.5 Å². The molecule has 0 aromatic heterocycles. The van der Waals surface area contributed by atoms with E-state index in [4.69, 9.17) is 9.47 Å². The first-order valence-electron chi connectivity index (χ1n) is 8.30. The van der Waals surface area contributed by atoms with Crippen molar-refractivity contribution in [3.8, 4) is 11.5 Å². The van der Waals surface area contributed by atoms with Gasteiger partial charge in [-0.1, -0.05) is 36.4 Å². The molecule has 0 amide bonds. The van der Waals surface area contributed by atoms with E-state index < -0.39 is 0 Å². The lowest BCUT2D eigenvalue weighted by molar-refractivity contribution is 0.310. The first-order valence-corrected chi connectivity index (χ1v) is 8.30. The third kappa shape index (κ3) is 5.61. The Morgan fingerprint density at radius 2 is 1.78 bits per heavy atom. The summed E-state index contributed by atoms with van der Waals surface area (Å²) in [6.07, 6.45) is 2.22. The summed E-state index contributed by atoms with van der Waals surface area (Å²) < 4.78 is 10.9. The molecule has 0 saturated heterocycles. The standard InChI is InChI=1S/C20H27NO2/c1-4-23-19-13-12-18(14-20(19)22-3)15-21-16(2)10-11-17-8-6-5-7-9-17/h5-9,12-14,16,21H,4,10-11,15H2,1-3H3/t16-/m0/s1. The molecular formula is C20H27NO2. The van der Waals surface area contributed by atoms with E-state index in [1.165, 1.54) is 11.1 Å². The van der Waals surface area contributed by atoms with Crippen LogP contribution in [0.4, 0.5) is 0 Å². The molecule has 0 heterocycles. The van der Waals surface area contributed by atoms with Crippen LogP contribution in [0.5, 0.6) is 11.5 Å². The molecular weight excluding hydrogens is 286 g/mol. The summed E-state index contributed by atoms with van der Waals surface area (Å²) in [4.78, 5) is 0. The van der Waals surface area contributed by atoms with Crippen molar-refractivity contribution in [2.45, 2.75) is 39.3 Å². The molecule has 3 nitrogen and oxygen atoms in total. The molecule has 0 fully saturated rings. The van der Waals surface area contributed by atoms with Crippen LogP contribution in [0.25, 0.3) is 0 Å². The predicted octanol–water partition coefficient (Wildman–Crippen LogP) is 4.20. The molecule has 0 radical (unpaired) electrons. The molecule has 3 heteroatoms. The van der Waals surface area contributed by atoms with Crippen molar-refractivity contribution in [2.24, 2.45) is 0 Å². The van der Waals surface area contributed by atoms with Crippen LogP contribution in [-0.4, -0.2) is 19.8 Å². The highest BCUT2D eigenvalue weighted by Gasteiger charge is 2.07. The molecule has 2 rings (SSSR count). The van der Waals surface area contributed by atoms with E-state index in [1.807, 2.05) is 19.1 Å². The molecule has 2 aromatic rings. The highest BCUT2D eigenvalue weighted by molar-refractivity contribution is 5.42. The van der Waals surface area contributed by atoms with Crippen molar-refractivity contribution < 1.29 is 9.47 Å². The van der Waals surface area contributed by atoms with E-state index in [0.717, 1.165) is 30.9 Å². The van der Waals surface area contributed by atoms with Gasteiger partial charge in [-0.05, 0) is 49.9 Å². The summed E-state index contributed by atoms with van der Waals surface area (Å²) in [7, 11) is 1.68. The molecule has 124 valence electrons. The largest absolute Gasteiger partial charge is 0.493 e. The fourth-order valence-corrected chi connectivity index (χ4v) is 2.52. The predicted molar refractivity (Wildman–Crippen MR) is 95.2 cm³/mol. The van der Waals surface area contributed by atoms with E-state index in [9.17, 15) is 0 Å². The van der Waals surface area contributed by atoms with Crippen LogP contribution in [0.15, 0.2) is 48.5 Å². The Morgan fingerprint density at radius 3 is 2.48 bits per heavy atom. The lowest BCUT2D eigenvalue weighted by atomic mass is 10.1. The summed E-state index contributed by atoms with van der Waals surface area (Å²) in [6, 6.07) is 17.2. The molecule has 0 aliphatic carbocycles. The zero-order chi connectivity index (χ0) is 16.5. The molecule has 0 bridgehead atoms. The normalized spacial score (nSPS) is 12.0. The molecule has 0 aliphatic rings. The van der Waals surface area contributed by atoms with Crippen molar-refractivity contribution in [2.75, 3.05) is 13.7 Å². The Bertz CT molecular complexity index is 583. The summed E-state index contributed by atoms with van der Waals surface area (Å²) in [5, 5.41) is 3.58. The van der Waals surface area contributed by atoms with E-state index in [2.05, 4.69) is 48.6 Å². The van der Waals surface area contributed by atoms with Crippen molar-refractivity contribution in [1.82, 2.24) is 5.32 Å². The zero-order valence-corrected chi connectivity index (χ0v) is 14.3. The average molecular weight is 313 g/mol. The zero-order valence-electron chi connectivity index (χ0n) is 14.3. The Morgan fingerprint density at radius 1 is 1.00 bits per heavy atom. The van der Waals surface area contributed by atoms with E-state index in [-0.39, 0.29) is 0 Å². The highest BCUT2D eigenvalue weighted by atomic mass is 16.5. The van der Waals surface area contributed by atoms with Crippen LogP contribution < -0.4 is 14.8 Å². The first kappa shape index (κ1) is 17.4. The molecule has 0 saturated carbocycles. The van der Waals surface area contributed by atoms with Gasteiger partial charge in [-0.2, -0.15) is 0 Å². The third-order valence-corrected chi connectivity index (χ3v) is 3.89. The SMILES string of the molecule is CCOc1ccc(CN[C@@H](C)CCc2ccccc2)cc1OC. The van der Waals surface area contributed by atoms with Gasteiger partial charge in [-0.3, -0.25) is 0 Å². The van der Waals surface area contributed by atoms with Crippen molar-refractivity contribution in [3.05, 3.63) is 59.7 Å². The molecule has 0 spiro atoms. The molecule has 1 N–H and O–H groups in total. The Kier molecular flexibility index (Phi) is 6.95. The van der Waals surface area contributed by atoms with Crippen LogP contribution in [0, 0.1) is 0 Å². The van der Waals surface area contributed by atoms with Gasteiger partial charge in [-0.25, -0.2) is 0 Å². The lowest BCUT2D eigenvalue weighted by Gasteiger charge is -2.15. The highest BCUT2D eigenvalue weighted by Crippen LogP contribution is 2.28. The number of rotatable bonds is 9. The number of nitrogens with one attached hydrogen (secondary N) is 1. The number of benzene rings is 2. The fourth-order valence-electron chi connectivity index (χ4n) is 2.52. The summed E-state index contributed by atoms with van der Waals surface area (Å²) >= 11 is 0. The lowest BCUT2D eigenvalue weighted by Crippen LogP contribution is -2.26. The molecule has 2 aromatic carbocycles. The smallest absolute Gasteiger partial charge is 0.161 e. The van der Waals surface area contributed by atoms with Gasteiger partial charge >= 0.3 is 0 Å². The fraction of sp³-hybridized carbons (Fsp3) is 0.400. The van der Waals surface area contributed by atoms with E-state index in [1.54, 1.807) is 7.11 Å². The molecule has 0 aliphatic heterocycles. The summed E-state index contributed by atoms with van der Waals surface area (Å²) in [5.41, 5.74) is 2.60. The van der Waals surface area contributed by atoms with Gasteiger partial charge in [0.1, 0.15) is 0 Å². The maximum absolute atomic E-state index is 5.55. The van der Waals surface area contributed by atoms with Crippen LogP contribution in [-0.2, 0) is 13.0 Å². The van der Waals surface area contributed by atoms with Crippen LogP contribution in [0.1, 0.15) is 31.4 Å². The third-order valence-electron chi connectivity index (χ3n) is 3.89. The monoisotopic (exact) mass is 313 g/mol. The van der Waals surface area contributed by atoms with Crippen LogP contribution in [0.3, 0.4) is 0 Å². The second-order valence-corrected chi connectivity index (χ2v) is 5.72. The Labute approximate surface area is 139 Å². The maximum atomic E-state index is 5.55. The van der Waals surface area contributed by atoms with Gasteiger partial charge in [-0.15, -0.1) is 0 Å². The molecule has 0 unspecified atom stereocenters. The Balaban J connectivity index is 1.82. The number of hydrogen-bond acceptors (Lipinski definition) is 3. The van der Waals surface area contributed by atoms with E-state index >= 15 is 0 Å². The number of hydrogen-bond donors (Lipinski definition) is 1. The Hall–Kier alpha value is -2.00. The van der Waals surface area contributed by atoms with Crippen molar-refractivity contribution >= 4 is 0 Å². The summed E-state index contributed by atoms with van der Waals surface area (Å²) in [6.45, 7) is 5.68. The van der Waals surface area contributed by atoms with Gasteiger partial charge in [0.25, 0.3) is 0 Å². The minimum atomic E-state index is 0.466. The van der Waals surface area contributed by atoms with Gasteiger partial charge < -0.3 is 14.8 Å². The van der Waals surface area contributed by atoms with Crippen molar-refractivity contribution in [1.29, 1.82) is 0 Å². The molecule has 1 atom stereocenters. The van der Waals surface area contributed by atoms with Crippen LogP contribution in [0.2, 0.25) is 0 Å². The minimum absolute atomic E-state index is 0.466. The molecule has 23 heavy (non-hydrogen) atoms. The van der Waals surface area contributed by atoms with E-state index in [0.29, 0.717) is 12.6 Å². The quantitative estimate of drug-likeness (QED) is 0.752.